The Bertz CT molecular complexity index is 549. The minimum atomic E-state index is -2.85. The summed E-state index contributed by atoms with van der Waals surface area (Å²) in [6.07, 6.45) is 2.71. The summed E-state index contributed by atoms with van der Waals surface area (Å²) >= 11 is 0. The van der Waals surface area contributed by atoms with Crippen LogP contribution >= 0.6 is 0 Å². The maximum atomic E-state index is 11.8. The van der Waals surface area contributed by atoms with Crippen LogP contribution in [0.5, 0.6) is 0 Å². The Labute approximate surface area is 129 Å². The molecule has 0 saturated carbocycles. The fourth-order valence-corrected chi connectivity index (χ4v) is 4.71. The van der Waals surface area contributed by atoms with Gasteiger partial charge >= 0.3 is 0 Å². The monoisotopic (exact) mass is 309 g/mol. The average Bonchev–Trinajstić information content (AvgIpc) is 2.75. The lowest BCUT2D eigenvalue weighted by atomic mass is 10.00. The van der Waals surface area contributed by atoms with Gasteiger partial charge in [0.2, 0.25) is 0 Å². The first-order valence-electron chi connectivity index (χ1n) is 7.92. The fourth-order valence-electron chi connectivity index (χ4n) is 2.93. The molecule has 1 aromatic carbocycles. The molecule has 1 aliphatic heterocycles. The van der Waals surface area contributed by atoms with Gasteiger partial charge < -0.3 is 5.32 Å². The molecule has 1 aromatic rings. The summed E-state index contributed by atoms with van der Waals surface area (Å²) in [6, 6.07) is 8.85. The van der Waals surface area contributed by atoms with Gasteiger partial charge in [-0.05, 0) is 43.2 Å². The SMILES string of the molecule is CC(C)Cc1ccc(C(C)NCC2CCCS2(=O)=O)cc1. The zero-order valence-corrected chi connectivity index (χ0v) is 14.1. The second kappa shape index (κ2) is 6.93. The lowest BCUT2D eigenvalue weighted by molar-refractivity contribution is 0.538. The molecule has 4 heteroatoms. The Morgan fingerprint density at radius 2 is 1.86 bits per heavy atom. The number of hydrogen-bond donors (Lipinski definition) is 1. The Balaban J connectivity index is 1.90. The predicted molar refractivity (Wildman–Crippen MR) is 88.2 cm³/mol. The summed E-state index contributed by atoms with van der Waals surface area (Å²) in [6.45, 7) is 7.11. The minimum Gasteiger partial charge on any atom is -0.309 e. The van der Waals surface area contributed by atoms with Crippen LogP contribution in [0, 0.1) is 5.92 Å². The molecule has 2 atom stereocenters. The first-order valence-corrected chi connectivity index (χ1v) is 9.64. The van der Waals surface area contributed by atoms with Gasteiger partial charge in [0.15, 0.2) is 9.84 Å². The largest absolute Gasteiger partial charge is 0.309 e. The molecule has 0 aromatic heterocycles. The van der Waals surface area contributed by atoms with Crippen LogP contribution < -0.4 is 5.32 Å². The Hall–Kier alpha value is -0.870. The van der Waals surface area contributed by atoms with Crippen LogP contribution in [0.15, 0.2) is 24.3 Å². The average molecular weight is 309 g/mol. The van der Waals surface area contributed by atoms with Gasteiger partial charge in [0.25, 0.3) is 0 Å². The molecule has 0 bridgehead atoms. The third-order valence-corrected chi connectivity index (χ3v) is 6.51. The van der Waals surface area contributed by atoms with Crippen LogP contribution in [0.25, 0.3) is 0 Å². The topological polar surface area (TPSA) is 46.2 Å². The van der Waals surface area contributed by atoms with Gasteiger partial charge in [0.1, 0.15) is 0 Å². The summed E-state index contributed by atoms with van der Waals surface area (Å²) in [4.78, 5) is 0. The molecule has 2 rings (SSSR count). The van der Waals surface area contributed by atoms with Crippen LogP contribution in [0.2, 0.25) is 0 Å². The van der Waals surface area contributed by atoms with Crippen molar-refractivity contribution in [3.05, 3.63) is 35.4 Å². The van der Waals surface area contributed by atoms with E-state index in [-0.39, 0.29) is 11.3 Å². The van der Waals surface area contributed by atoms with Crippen LogP contribution in [0.4, 0.5) is 0 Å². The normalized spacial score (nSPS) is 22.6. The fraction of sp³-hybridized carbons (Fsp3) is 0.647. The van der Waals surface area contributed by atoms with Crippen molar-refractivity contribution in [2.75, 3.05) is 12.3 Å². The van der Waals surface area contributed by atoms with E-state index in [0.29, 0.717) is 18.2 Å². The molecular formula is C17H27NO2S. The van der Waals surface area contributed by atoms with Gasteiger partial charge in [-0.25, -0.2) is 8.42 Å². The molecule has 0 radical (unpaired) electrons. The number of nitrogens with one attached hydrogen (secondary N) is 1. The molecule has 1 fully saturated rings. The quantitative estimate of drug-likeness (QED) is 0.878. The highest BCUT2D eigenvalue weighted by Gasteiger charge is 2.31. The van der Waals surface area contributed by atoms with E-state index in [1.54, 1.807) is 0 Å². The van der Waals surface area contributed by atoms with Gasteiger partial charge in [-0.3, -0.25) is 0 Å². The first-order chi connectivity index (χ1) is 9.88. The van der Waals surface area contributed by atoms with E-state index in [4.69, 9.17) is 0 Å². The molecule has 1 N–H and O–H groups in total. The first kappa shape index (κ1) is 16.5. The molecular weight excluding hydrogens is 282 g/mol. The molecule has 0 spiro atoms. The van der Waals surface area contributed by atoms with E-state index in [9.17, 15) is 8.42 Å². The van der Waals surface area contributed by atoms with Crippen LogP contribution in [0.1, 0.15) is 50.8 Å². The van der Waals surface area contributed by atoms with E-state index in [1.807, 2.05) is 0 Å². The van der Waals surface area contributed by atoms with Crippen LogP contribution in [-0.2, 0) is 16.3 Å². The number of sulfone groups is 1. The van der Waals surface area contributed by atoms with Crippen molar-refractivity contribution in [3.8, 4) is 0 Å². The zero-order valence-electron chi connectivity index (χ0n) is 13.3. The third-order valence-electron chi connectivity index (χ3n) is 4.24. The van der Waals surface area contributed by atoms with Gasteiger partial charge in [-0.1, -0.05) is 38.1 Å². The molecule has 0 amide bonds. The summed E-state index contributed by atoms with van der Waals surface area (Å²) in [5.41, 5.74) is 2.58. The summed E-state index contributed by atoms with van der Waals surface area (Å²) in [5.74, 6) is 1.02. The van der Waals surface area contributed by atoms with Crippen molar-refractivity contribution in [2.24, 2.45) is 5.92 Å². The van der Waals surface area contributed by atoms with Gasteiger partial charge in [0, 0.05) is 12.6 Å². The molecule has 2 unspecified atom stereocenters. The lowest BCUT2D eigenvalue weighted by Gasteiger charge is -2.18. The zero-order chi connectivity index (χ0) is 15.5. The maximum absolute atomic E-state index is 11.8. The number of rotatable bonds is 6. The van der Waals surface area contributed by atoms with Gasteiger partial charge in [-0.15, -0.1) is 0 Å². The third kappa shape index (κ3) is 4.55. The minimum absolute atomic E-state index is 0.189. The van der Waals surface area contributed by atoms with Crippen molar-refractivity contribution in [2.45, 2.75) is 51.3 Å². The van der Waals surface area contributed by atoms with E-state index in [0.717, 1.165) is 19.3 Å². The smallest absolute Gasteiger partial charge is 0.154 e. The molecule has 0 aliphatic carbocycles. The standard InChI is InChI=1S/C17H27NO2S/c1-13(2)11-15-6-8-16(9-7-15)14(3)18-12-17-5-4-10-21(17,19)20/h6-9,13-14,17-18H,4-5,10-12H2,1-3H3. The van der Waals surface area contributed by atoms with E-state index < -0.39 is 9.84 Å². The second-order valence-electron chi connectivity index (χ2n) is 6.60. The van der Waals surface area contributed by atoms with Crippen molar-refractivity contribution < 1.29 is 8.42 Å². The number of hydrogen-bond acceptors (Lipinski definition) is 3. The van der Waals surface area contributed by atoms with Crippen molar-refractivity contribution >= 4 is 9.84 Å². The highest BCUT2D eigenvalue weighted by Crippen LogP contribution is 2.21. The molecule has 1 heterocycles. The Morgan fingerprint density at radius 1 is 1.19 bits per heavy atom. The summed E-state index contributed by atoms with van der Waals surface area (Å²) in [7, 11) is -2.85. The van der Waals surface area contributed by atoms with Crippen LogP contribution in [-0.4, -0.2) is 26.0 Å². The Morgan fingerprint density at radius 3 is 2.38 bits per heavy atom. The highest BCUT2D eigenvalue weighted by molar-refractivity contribution is 7.92. The van der Waals surface area contributed by atoms with E-state index >= 15 is 0 Å². The second-order valence-corrected chi connectivity index (χ2v) is 9.00. The van der Waals surface area contributed by atoms with Crippen LogP contribution in [0.3, 0.4) is 0 Å². The van der Waals surface area contributed by atoms with Gasteiger partial charge in [-0.2, -0.15) is 0 Å². The van der Waals surface area contributed by atoms with Crippen molar-refractivity contribution in [1.82, 2.24) is 5.32 Å². The lowest BCUT2D eigenvalue weighted by Crippen LogP contribution is -2.32. The number of benzene rings is 1. The van der Waals surface area contributed by atoms with Crippen molar-refractivity contribution in [1.29, 1.82) is 0 Å². The predicted octanol–water partition coefficient (Wildman–Crippen LogP) is 3.11. The maximum Gasteiger partial charge on any atom is 0.154 e. The highest BCUT2D eigenvalue weighted by atomic mass is 32.2. The summed E-state index contributed by atoms with van der Waals surface area (Å²) in [5, 5.41) is 3.18. The molecule has 3 nitrogen and oxygen atoms in total. The van der Waals surface area contributed by atoms with Gasteiger partial charge in [0.05, 0.1) is 11.0 Å². The molecule has 21 heavy (non-hydrogen) atoms. The molecule has 118 valence electrons. The Kier molecular flexibility index (Phi) is 5.44. The van der Waals surface area contributed by atoms with Crippen molar-refractivity contribution in [3.63, 3.8) is 0 Å². The summed E-state index contributed by atoms with van der Waals surface area (Å²) < 4.78 is 23.6. The molecule has 1 saturated heterocycles. The van der Waals surface area contributed by atoms with E-state index in [2.05, 4.69) is 50.4 Å². The molecule has 1 aliphatic rings. The van der Waals surface area contributed by atoms with E-state index in [1.165, 1.54) is 11.1 Å².